The molecule has 4 saturated carbocycles. The molecule has 0 aromatic heterocycles. The third kappa shape index (κ3) is 2.52. The lowest BCUT2D eigenvalue weighted by Crippen LogP contribution is -2.59. The first-order valence-corrected chi connectivity index (χ1v) is 8.29. The molecule has 4 aliphatic rings. The molecule has 5 heteroatoms. The molecule has 0 radical (unpaired) electrons. The molecule has 4 fully saturated rings. The first-order chi connectivity index (χ1) is 10.9. The number of carboxylic acids is 1. The summed E-state index contributed by atoms with van der Waals surface area (Å²) in [6.45, 7) is 0. The van der Waals surface area contributed by atoms with Crippen LogP contribution in [0.3, 0.4) is 0 Å². The van der Waals surface area contributed by atoms with Crippen LogP contribution in [0.25, 0.3) is 0 Å². The van der Waals surface area contributed by atoms with Crippen molar-refractivity contribution in [1.82, 2.24) is 5.32 Å². The normalized spacial score (nSPS) is 34.4. The maximum atomic E-state index is 14.1. The summed E-state index contributed by atoms with van der Waals surface area (Å²) in [6, 6.07) is 3.46. The molecule has 0 saturated heterocycles. The number of aromatic carboxylic acids is 1. The second kappa shape index (κ2) is 5.05. The molecule has 4 bridgehead atoms. The minimum absolute atomic E-state index is 0.0641. The van der Waals surface area contributed by atoms with Gasteiger partial charge in [-0.25, -0.2) is 9.18 Å². The molecule has 0 unspecified atom stereocenters. The predicted octanol–water partition coefficient (Wildman–Crippen LogP) is 3.22. The third-order valence-corrected chi connectivity index (χ3v) is 5.88. The van der Waals surface area contributed by atoms with Crippen molar-refractivity contribution in [2.75, 3.05) is 0 Å². The maximum Gasteiger partial charge on any atom is 0.335 e. The minimum Gasteiger partial charge on any atom is -0.478 e. The number of amides is 1. The Bertz CT molecular complexity index is 650. The Morgan fingerprint density at radius 1 is 1.09 bits per heavy atom. The van der Waals surface area contributed by atoms with Crippen LogP contribution in [0.2, 0.25) is 0 Å². The number of carbonyl (C=O) groups is 2. The first-order valence-electron chi connectivity index (χ1n) is 8.29. The average Bonchev–Trinajstić information content (AvgIpc) is 2.44. The van der Waals surface area contributed by atoms with Gasteiger partial charge in [0.25, 0.3) is 5.91 Å². The quantitative estimate of drug-likeness (QED) is 0.899. The molecule has 122 valence electrons. The van der Waals surface area contributed by atoms with Gasteiger partial charge in [0.1, 0.15) is 5.82 Å². The Hall–Kier alpha value is -1.91. The topological polar surface area (TPSA) is 66.4 Å². The number of carboxylic acid groups (broad SMARTS) is 1. The molecule has 5 rings (SSSR count). The summed E-state index contributed by atoms with van der Waals surface area (Å²) in [6.07, 6.45) is 6.82. The number of rotatable bonds is 3. The van der Waals surface area contributed by atoms with Crippen LogP contribution >= 0.6 is 0 Å². The maximum absolute atomic E-state index is 14.1. The number of hydrogen-bond donors (Lipinski definition) is 2. The molecule has 23 heavy (non-hydrogen) atoms. The van der Waals surface area contributed by atoms with Crippen molar-refractivity contribution >= 4 is 11.9 Å². The van der Waals surface area contributed by atoms with Gasteiger partial charge in [0.2, 0.25) is 0 Å². The molecular weight excluding hydrogens is 297 g/mol. The summed E-state index contributed by atoms with van der Waals surface area (Å²) in [7, 11) is 0. The monoisotopic (exact) mass is 317 g/mol. The largest absolute Gasteiger partial charge is 0.478 e. The SMILES string of the molecule is O=C(O)c1ccc(C(=O)NC23CC4CC(CC(C4)C2)C3)c(F)c1. The molecule has 4 nitrogen and oxygen atoms in total. The van der Waals surface area contributed by atoms with Gasteiger partial charge in [-0.3, -0.25) is 4.79 Å². The second-order valence-electron chi connectivity index (χ2n) is 7.65. The lowest BCUT2D eigenvalue weighted by atomic mass is 9.53. The fraction of sp³-hybridized carbons (Fsp3) is 0.556. The summed E-state index contributed by atoms with van der Waals surface area (Å²) in [5, 5.41) is 12.0. The number of halogens is 1. The molecule has 4 aliphatic carbocycles. The van der Waals surface area contributed by atoms with Crippen LogP contribution in [-0.2, 0) is 0 Å². The smallest absolute Gasteiger partial charge is 0.335 e. The van der Waals surface area contributed by atoms with E-state index in [1.807, 2.05) is 0 Å². The number of carbonyl (C=O) groups excluding carboxylic acids is 1. The highest BCUT2D eigenvalue weighted by Crippen LogP contribution is 2.55. The molecule has 0 aliphatic heterocycles. The van der Waals surface area contributed by atoms with Gasteiger partial charge in [-0.1, -0.05) is 0 Å². The van der Waals surface area contributed by atoms with E-state index in [1.165, 1.54) is 31.4 Å². The molecule has 0 heterocycles. The molecular formula is C18H20FNO3. The number of benzene rings is 1. The number of nitrogens with one attached hydrogen (secondary N) is 1. The van der Waals surface area contributed by atoms with Crippen molar-refractivity contribution in [1.29, 1.82) is 0 Å². The molecule has 0 spiro atoms. The summed E-state index contributed by atoms with van der Waals surface area (Å²) in [5.41, 5.74) is -0.386. The molecule has 2 N–H and O–H groups in total. The van der Waals surface area contributed by atoms with Crippen molar-refractivity contribution in [3.8, 4) is 0 Å². The van der Waals surface area contributed by atoms with Crippen molar-refractivity contribution in [2.45, 2.75) is 44.1 Å². The average molecular weight is 317 g/mol. The highest BCUT2D eigenvalue weighted by atomic mass is 19.1. The third-order valence-electron chi connectivity index (χ3n) is 5.88. The molecule has 0 atom stereocenters. The van der Waals surface area contributed by atoms with Crippen LogP contribution in [0.15, 0.2) is 18.2 Å². The Labute approximate surface area is 134 Å². The zero-order valence-corrected chi connectivity index (χ0v) is 12.8. The zero-order chi connectivity index (χ0) is 16.2. The van der Waals surface area contributed by atoms with Gasteiger partial charge >= 0.3 is 5.97 Å². The van der Waals surface area contributed by atoms with Crippen LogP contribution in [0, 0.1) is 23.6 Å². The fourth-order valence-electron chi connectivity index (χ4n) is 5.40. The van der Waals surface area contributed by atoms with E-state index >= 15 is 0 Å². The minimum atomic E-state index is -1.20. The fourth-order valence-corrected chi connectivity index (χ4v) is 5.40. The van der Waals surface area contributed by atoms with E-state index in [9.17, 15) is 14.0 Å². The van der Waals surface area contributed by atoms with Gasteiger partial charge in [0.05, 0.1) is 11.1 Å². The Kier molecular flexibility index (Phi) is 3.22. The standard InChI is InChI=1S/C18H20FNO3/c19-15-6-13(17(22)23)1-2-14(15)16(21)20-18-7-10-3-11(8-18)5-12(4-10)9-18/h1-2,6,10-12H,3-5,7-9H2,(H,20,21)(H,22,23). The zero-order valence-electron chi connectivity index (χ0n) is 12.8. The lowest BCUT2D eigenvalue weighted by Gasteiger charge is -2.56. The van der Waals surface area contributed by atoms with E-state index in [0.717, 1.165) is 25.3 Å². The van der Waals surface area contributed by atoms with Crippen molar-refractivity contribution in [3.63, 3.8) is 0 Å². The van der Waals surface area contributed by atoms with Crippen LogP contribution in [0.4, 0.5) is 4.39 Å². The van der Waals surface area contributed by atoms with Gasteiger partial charge in [0.15, 0.2) is 0 Å². The van der Waals surface area contributed by atoms with Gasteiger partial charge in [-0.2, -0.15) is 0 Å². The lowest BCUT2D eigenvalue weighted by molar-refractivity contribution is -0.0167. The van der Waals surface area contributed by atoms with Gasteiger partial charge < -0.3 is 10.4 Å². The van der Waals surface area contributed by atoms with Crippen LogP contribution < -0.4 is 5.32 Å². The van der Waals surface area contributed by atoms with Crippen LogP contribution in [-0.4, -0.2) is 22.5 Å². The van der Waals surface area contributed by atoms with Crippen molar-refractivity contribution in [3.05, 3.63) is 35.1 Å². The first kappa shape index (κ1) is 14.7. The Morgan fingerprint density at radius 3 is 2.13 bits per heavy atom. The summed E-state index contributed by atoms with van der Waals surface area (Å²) in [4.78, 5) is 23.4. The van der Waals surface area contributed by atoms with E-state index in [0.29, 0.717) is 17.8 Å². The van der Waals surface area contributed by atoms with Crippen LogP contribution in [0.5, 0.6) is 0 Å². The van der Waals surface area contributed by atoms with Crippen LogP contribution in [0.1, 0.15) is 59.2 Å². The molecule has 1 aromatic rings. The summed E-state index contributed by atoms with van der Waals surface area (Å²) in [5.74, 6) is -0.298. The van der Waals surface area contributed by atoms with E-state index in [2.05, 4.69) is 5.32 Å². The Balaban J connectivity index is 1.55. The van der Waals surface area contributed by atoms with Gasteiger partial charge in [-0.05, 0) is 74.5 Å². The van der Waals surface area contributed by atoms with E-state index in [4.69, 9.17) is 5.11 Å². The number of hydrogen-bond acceptors (Lipinski definition) is 2. The van der Waals surface area contributed by atoms with Gasteiger partial charge in [0, 0.05) is 5.54 Å². The summed E-state index contributed by atoms with van der Waals surface area (Å²) < 4.78 is 14.1. The highest BCUT2D eigenvalue weighted by Gasteiger charge is 2.51. The highest BCUT2D eigenvalue weighted by molar-refractivity contribution is 5.96. The van der Waals surface area contributed by atoms with E-state index < -0.39 is 17.7 Å². The predicted molar refractivity (Wildman–Crippen MR) is 81.7 cm³/mol. The second-order valence-corrected chi connectivity index (χ2v) is 7.65. The Morgan fingerprint density at radius 2 is 1.65 bits per heavy atom. The van der Waals surface area contributed by atoms with E-state index in [1.54, 1.807) is 0 Å². The summed E-state index contributed by atoms with van der Waals surface area (Å²) >= 11 is 0. The molecule has 1 aromatic carbocycles. The van der Waals surface area contributed by atoms with Crippen molar-refractivity contribution in [2.24, 2.45) is 17.8 Å². The molecule has 1 amide bonds. The van der Waals surface area contributed by atoms with Gasteiger partial charge in [-0.15, -0.1) is 0 Å². The van der Waals surface area contributed by atoms with Crippen molar-refractivity contribution < 1.29 is 19.1 Å². The van der Waals surface area contributed by atoms with E-state index in [-0.39, 0.29) is 16.7 Å².